The van der Waals surface area contributed by atoms with Gasteiger partial charge >= 0.3 is 5.97 Å². The van der Waals surface area contributed by atoms with E-state index in [1.54, 1.807) is 30.6 Å². The number of hydrogen-bond donors (Lipinski definition) is 1. The molecular weight excluding hydrogens is 447 g/mol. The highest BCUT2D eigenvalue weighted by atomic mass is 35.5. The number of ether oxygens (including phenoxy) is 1. The second kappa shape index (κ2) is 10.1. The van der Waals surface area contributed by atoms with Gasteiger partial charge in [-0.2, -0.15) is 0 Å². The van der Waals surface area contributed by atoms with Gasteiger partial charge in [-0.15, -0.1) is 11.3 Å². The number of carboxylic acids is 1. The van der Waals surface area contributed by atoms with Gasteiger partial charge in [-0.25, -0.2) is 4.98 Å². The van der Waals surface area contributed by atoms with Gasteiger partial charge in [0.15, 0.2) is 5.13 Å². The Morgan fingerprint density at radius 3 is 2.87 bits per heavy atom. The summed E-state index contributed by atoms with van der Waals surface area (Å²) in [5.74, 6) is -1.72. The van der Waals surface area contributed by atoms with Crippen LogP contribution >= 0.6 is 34.5 Å². The van der Waals surface area contributed by atoms with Gasteiger partial charge in [0.2, 0.25) is 5.91 Å². The van der Waals surface area contributed by atoms with Crippen LogP contribution in [0.4, 0.5) is 5.13 Å². The number of carboxylic acid groups (broad SMARTS) is 1. The zero-order chi connectivity index (χ0) is 21.8. The maximum atomic E-state index is 13.2. The molecule has 0 aliphatic carbocycles. The molecule has 1 aromatic heterocycles. The highest BCUT2D eigenvalue weighted by Crippen LogP contribution is 2.35. The van der Waals surface area contributed by atoms with Crippen molar-refractivity contribution in [3.63, 3.8) is 0 Å². The summed E-state index contributed by atoms with van der Waals surface area (Å²) in [6, 6.07) is 5.12. The summed E-state index contributed by atoms with van der Waals surface area (Å²) >= 11 is 13.6. The molecule has 0 unspecified atom stereocenters. The number of benzene rings is 1. The zero-order valence-electron chi connectivity index (χ0n) is 16.8. The van der Waals surface area contributed by atoms with E-state index in [0.717, 1.165) is 12.8 Å². The highest BCUT2D eigenvalue weighted by Gasteiger charge is 2.32. The highest BCUT2D eigenvalue weighted by molar-refractivity contribution is 7.14. The number of nitrogens with zero attached hydrogens (tertiary/aromatic N) is 2. The van der Waals surface area contributed by atoms with Crippen molar-refractivity contribution < 1.29 is 19.4 Å². The molecule has 3 rings (SSSR count). The number of hydrogen-bond acceptors (Lipinski definition) is 5. The Hall–Kier alpha value is -1.67. The lowest BCUT2D eigenvalue weighted by Crippen LogP contribution is -2.37. The average molecular weight is 471 g/mol. The Balaban J connectivity index is 1.78. The van der Waals surface area contributed by atoms with Crippen molar-refractivity contribution in [2.45, 2.75) is 38.7 Å². The Bertz CT molecular complexity index is 920. The minimum Gasteiger partial charge on any atom is -0.481 e. The van der Waals surface area contributed by atoms with Crippen LogP contribution in [-0.2, 0) is 14.3 Å². The zero-order valence-corrected chi connectivity index (χ0v) is 19.1. The first-order valence-corrected chi connectivity index (χ1v) is 11.4. The SMILES string of the molecule is C[C@H]1OCCC[C@@H]1C[C@H](CC(=O)O)C(=O)N(C)c1nc(-c2cc(Cl)ccc2Cl)cs1. The number of anilines is 1. The molecule has 1 aliphatic rings. The van der Waals surface area contributed by atoms with Crippen LogP contribution in [-0.4, -0.2) is 41.7 Å². The lowest BCUT2D eigenvalue weighted by atomic mass is 9.84. The summed E-state index contributed by atoms with van der Waals surface area (Å²) in [4.78, 5) is 30.6. The van der Waals surface area contributed by atoms with E-state index in [0.29, 0.717) is 39.5 Å². The minimum atomic E-state index is -0.989. The minimum absolute atomic E-state index is 0.0181. The Kier molecular flexibility index (Phi) is 7.74. The summed E-state index contributed by atoms with van der Waals surface area (Å²) in [6.45, 7) is 2.70. The molecule has 162 valence electrons. The standard InChI is InChI=1S/C21H24Cl2N2O4S/c1-12-13(4-3-7-29-12)8-14(9-19(26)27)20(28)25(2)21-24-18(11-30-21)16-10-15(22)5-6-17(16)23/h5-6,10-14H,3-4,7-9H2,1-2H3,(H,26,27)/t12-,13-,14-/m1/s1. The first-order chi connectivity index (χ1) is 14.3. The fraction of sp³-hybridized carbons (Fsp3) is 0.476. The van der Waals surface area contributed by atoms with Gasteiger partial charge in [-0.3, -0.25) is 14.5 Å². The van der Waals surface area contributed by atoms with Crippen LogP contribution in [0.25, 0.3) is 11.3 Å². The third-order valence-corrected chi connectivity index (χ3v) is 6.92. The lowest BCUT2D eigenvalue weighted by Gasteiger charge is -2.32. The molecule has 1 aliphatic heterocycles. The van der Waals surface area contributed by atoms with Gasteiger partial charge in [0, 0.05) is 35.5 Å². The van der Waals surface area contributed by atoms with E-state index in [4.69, 9.17) is 27.9 Å². The van der Waals surface area contributed by atoms with E-state index < -0.39 is 11.9 Å². The molecule has 0 spiro atoms. The van der Waals surface area contributed by atoms with Crippen LogP contribution in [0.1, 0.15) is 32.6 Å². The molecular formula is C21H24Cl2N2O4S. The topological polar surface area (TPSA) is 79.7 Å². The Labute approximate surface area is 189 Å². The van der Waals surface area contributed by atoms with Gasteiger partial charge in [0.25, 0.3) is 0 Å². The van der Waals surface area contributed by atoms with Crippen LogP contribution in [0.3, 0.4) is 0 Å². The quantitative estimate of drug-likeness (QED) is 0.587. The van der Waals surface area contributed by atoms with Gasteiger partial charge in [-0.05, 0) is 50.3 Å². The summed E-state index contributed by atoms with van der Waals surface area (Å²) in [7, 11) is 1.63. The predicted molar refractivity (Wildman–Crippen MR) is 119 cm³/mol. The number of thiazole rings is 1. The molecule has 1 amide bonds. The molecule has 2 heterocycles. The molecule has 3 atom stereocenters. The van der Waals surface area contributed by atoms with Crippen molar-refractivity contribution in [3.05, 3.63) is 33.6 Å². The van der Waals surface area contributed by atoms with Crippen molar-refractivity contribution in [3.8, 4) is 11.3 Å². The molecule has 0 radical (unpaired) electrons. The number of carbonyl (C=O) groups is 2. The Morgan fingerprint density at radius 2 is 2.17 bits per heavy atom. The Morgan fingerprint density at radius 1 is 1.40 bits per heavy atom. The van der Waals surface area contributed by atoms with E-state index in [1.807, 2.05) is 6.92 Å². The van der Waals surface area contributed by atoms with E-state index in [1.165, 1.54) is 16.2 Å². The lowest BCUT2D eigenvalue weighted by molar-refractivity contribution is -0.141. The van der Waals surface area contributed by atoms with Crippen molar-refractivity contribution in [1.82, 2.24) is 4.98 Å². The smallest absolute Gasteiger partial charge is 0.304 e. The van der Waals surface area contributed by atoms with Crippen LogP contribution < -0.4 is 4.90 Å². The van der Waals surface area contributed by atoms with Crippen LogP contribution in [0.2, 0.25) is 10.0 Å². The molecule has 0 saturated carbocycles. The molecule has 1 N–H and O–H groups in total. The summed E-state index contributed by atoms with van der Waals surface area (Å²) < 4.78 is 5.69. The normalized spacial score (nSPS) is 20.0. The molecule has 0 bridgehead atoms. The third kappa shape index (κ3) is 5.52. The molecule has 6 nitrogen and oxygen atoms in total. The number of rotatable bonds is 7. The summed E-state index contributed by atoms with van der Waals surface area (Å²) in [5.41, 5.74) is 1.30. The van der Waals surface area contributed by atoms with E-state index >= 15 is 0 Å². The van der Waals surface area contributed by atoms with E-state index in [2.05, 4.69) is 4.98 Å². The van der Waals surface area contributed by atoms with Crippen molar-refractivity contribution in [1.29, 1.82) is 0 Å². The monoisotopic (exact) mass is 470 g/mol. The maximum Gasteiger partial charge on any atom is 0.304 e. The molecule has 1 aromatic carbocycles. The summed E-state index contributed by atoms with van der Waals surface area (Å²) in [6.07, 6.45) is 2.14. The average Bonchev–Trinajstić information content (AvgIpc) is 3.19. The van der Waals surface area contributed by atoms with Crippen LogP contribution in [0.15, 0.2) is 23.6 Å². The van der Waals surface area contributed by atoms with Gasteiger partial charge in [0.1, 0.15) is 0 Å². The van der Waals surface area contributed by atoms with Crippen LogP contribution in [0.5, 0.6) is 0 Å². The van der Waals surface area contributed by atoms with E-state index in [9.17, 15) is 14.7 Å². The third-order valence-electron chi connectivity index (χ3n) is 5.44. The first-order valence-electron chi connectivity index (χ1n) is 9.78. The molecule has 1 saturated heterocycles. The first kappa shape index (κ1) is 23.0. The number of amides is 1. The fourth-order valence-electron chi connectivity index (χ4n) is 3.75. The second-order valence-corrected chi connectivity index (χ2v) is 9.23. The van der Waals surface area contributed by atoms with Crippen molar-refractivity contribution in [2.75, 3.05) is 18.6 Å². The predicted octanol–water partition coefficient (Wildman–Crippen LogP) is 5.38. The molecule has 2 aromatic rings. The number of aliphatic carboxylic acids is 1. The van der Waals surface area contributed by atoms with Crippen LogP contribution in [0, 0.1) is 11.8 Å². The van der Waals surface area contributed by atoms with E-state index in [-0.39, 0.29) is 24.3 Å². The number of aromatic nitrogens is 1. The number of carbonyl (C=O) groups excluding carboxylic acids is 1. The largest absolute Gasteiger partial charge is 0.481 e. The number of halogens is 2. The van der Waals surface area contributed by atoms with Gasteiger partial charge in [-0.1, -0.05) is 23.2 Å². The second-order valence-electron chi connectivity index (χ2n) is 7.55. The van der Waals surface area contributed by atoms with Crippen molar-refractivity contribution >= 4 is 51.5 Å². The molecule has 1 fully saturated rings. The maximum absolute atomic E-state index is 13.2. The fourth-order valence-corrected chi connectivity index (χ4v) is 4.93. The molecule has 30 heavy (non-hydrogen) atoms. The summed E-state index contributed by atoms with van der Waals surface area (Å²) in [5, 5.41) is 12.7. The molecule has 9 heteroatoms. The van der Waals surface area contributed by atoms with Gasteiger partial charge in [0.05, 0.1) is 23.2 Å². The van der Waals surface area contributed by atoms with Gasteiger partial charge < -0.3 is 9.84 Å². The van der Waals surface area contributed by atoms with Crippen molar-refractivity contribution in [2.24, 2.45) is 11.8 Å².